The SMILES string of the molecule is c1ccc2c(c1)cc(-c1c3ccccc3c(-c3cccc4c3oc3cc5ccoc5cc34)c3ccccc13)c1ccccc12. The summed E-state index contributed by atoms with van der Waals surface area (Å²) in [6.45, 7) is 0. The summed E-state index contributed by atoms with van der Waals surface area (Å²) in [5.74, 6) is 0. The van der Waals surface area contributed by atoms with E-state index in [9.17, 15) is 0 Å². The van der Waals surface area contributed by atoms with Gasteiger partial charge in [-0.05, 0) is 78.5 Å². The summed E-state index contributed by atoms with van der Waals surface area (Å²) in [5.41, 5.74) is 7.44. The zero-order valence-corrected chi connectivity index (χ0v) is 23.7. The maximum Gasteiger partial charge on any atom is 0.143 e. The molecule has 2 aromatic heterocycles. The molecule has 0 unspecified atom stereocenters. The zero-order chi connectivity index (χ0) is 28.8. The fraction of sp³-hybridized carbons (Fsp3) is 0. The molecule has 0 N–H and O–H groups in total. The Bertz CT molecular complexity index is 2720. The Morgan fingerprint density at radius 3 is 1.66 bits per heavy atom. The van der Waals surface area contributed by atoms with Gasteiger partial charge >= 0.3 is 0 Å². The number of furan rings is 2. The van der Waals surface area contributed by atoms with Gasteiger partial charge in [0.05, 0.1) is 6.26 Å². The van der Waals surface area contributed by atoms with Crippen LogP contribution >= 0.6 is 0 Å². The van der Waals surface area contributed by atoms with Gasteiger partial charge in [-0.15, -0.1) is 0 Å². The Kier molecular flexibility index (Phi) is 4.75. The third-order valence-electron chi connectivity index (χ3n) is 9.31. The maximum absolute atomic E-state index is 6.69. The van der Waals surface area contributed by atoms with E-state index in [1.165, 1.54) is 59.8 Å². The van der Waals surface area contributed by atoms with Crippen molar-refractivity contribution < 1.29 is 8.83 Å². The molecule has 0 aliphatic carbocycles. The van der Waals surface area contributed by atoms with Crippen molar-refractivity contribution in [2.45, 2.75) is 0 Å². The third-order valence-corrected chi connectivity index (χ3v) is 9.31. The Morgan fingerprint density at radius 2 is 0.932 bits per heavy atom. The molecule has 10 aromatic rings. The Morgan fingerprint density at radius 1 is 0.341 bits per heavy atom. The van der Waals surface area contributed by atoms with Crippen LogP contribution in [0.2, 0.25) is 0 Å². The molecule has 0 spiro atoms. The Balaban J connectivity index is 1.36. The molecular weight excluding hydrogens is 536 g/mol. The first-order valence-electron chi connectivity index (χ1n) is 15.0. The van der Waals surface area contributed by atoms with Crippen LogP contribution in [0.5, 0.6) is 0 Å². The summed E-state index contributed by atoms with van der Waals surface area (Å²) in [7, 11) is 0. The highest BCUT2D eigenvalue weighted by Crippen LogP contribution is 2.48. The summed E-state index contributed by atoms with van der Waals surface area (Å²) in [6, 6.07) is 50.3. The summed E-state index contributed by atoms with van der Waals surface area (Å²) in [5, 5.41) is 13.1. The van der Waals surface area contributed by atoms with Gasteiger partial charge in [-0.1, -0.05) is 115 Å². The van der Waals surface area contributed by atoms with Gasteiger partial charge in [0.15, 0.2) is 0 Å². The van der Waals surface area contributed by atoms with Crippen molar-refractivity contribution in [3.63, 3.8) is 0 Å². The van der Waals surface area contributed by atoms with Crippen molar-refractivity contribution in [2.24, 2.45) is 0 Å². The van der Waals surface area contributed by atoms with Crippen LogP contribution in [-0.4, -0.2) is 0 Å². The van der Waals surface area contributed by atoms with Gasteiger partial charge in [0, 0.05) is 27.3 Å². The standard InChI is InChI=1S/C42H24O2/c1-2-11-27-25(10-1)22-37(29-13-4-3-12-28(27)29)41-32-16-7-5-14-30(32)40(31-15-6-8-17-33(31)41)35-19-9-18-34-36-24-38-26(20-21-43-38)23-39(36)44-42(34)35/h1-24H. The third kappa shape index (κ3) is 3.20. The van der Waals surface area contributed by atoms with E-state index in [-0.39, 0.29) is 0 Å². The average Bonchev–Trinajstić information content (AvgIpc) is 3.69. The number of fused-ring (bicyclic) bond motifs is 9. The lowest BCUT2D eigenvalue weighted by atomic mass is 9.83. The van der Waals surface area contributed by atoms with Gasteiger partial charge in [0.2, 0.25) is 0 Å². The van der Waals surface area contributed by atoms with Crippen molar-refractivity contribution in [3.05, 3.63) is 146 Å². The Labute approximate surface area is 252 Å². The largest absolute Gasteiger partial charge is 0.464 e. The van der Waals surface area contributed by atoms with E-state index in [1.54, 1.807) is 6.26 Å². The van der Waals surface area contributed by atoms with Gasteiger partial charge in [0.25, 0.3) is 0 Å². The normalized spacial score (nSPS) is 12.1. The molecule has 0 radical (unpaired) electrons. The lowest BCUT2D eigenvalue weighted by molar-refractivity contribution is 0.616. The van der Waals surface area contributed by atoms with Crippen molar-refractivity contribution in [2.75, 3.05) is 0 Å². The first kappa shape index (κ1) is 23.7. The first-order chi connectivity index (χ1) is 21.8. The van der Waals surface area contributed by atoms with Gasteiger partial charge < -0.3 is 8.83 Å². The summed E-state index contributed by atoms with van der Waals surface area (Å²) < 4.78 is 12.4. The summed E-state index contributed by atoms with van der Waals surface area (Å²) in [4.78, 5) is 0. The predicted molar refractivity (Wildman–Crippen MR) is 184 cm³/mol. The molecule has 0 saturated carbocycles. The molecule has 8 aromatic carbocycles. The van der Waals surface area contributed by atoms with E-state index in [4.69, 9.17) is 8.83 Å². The van der Waals surface area contributed by atoms with Crippen LogP contribution in [0.25, 0.3) is 98.3 Å². The van der Waals surface area contributed by atoms with Crippen LogP contribution in [0.4, 0.5) is 0 Å². The molecular formula is C42H24O2. The fourth-order valence-corrected chi connectivity index (χ4v) is 7.42. The quantitative estimate of drug-likeness (QED) is 0.155. The number of hydrogen-bond donors (Lipinski definition) is 0. The second-order valence-corrected chi connectivity index (χ2v) is 11.6. The van der Waals surface area contributed by atoms with Crippen molar-refractivity contribution in [3.8, 4) is 22.3 Å². The molecule has 44 heavy (non-hydrogen) atoms. The minimum Gasteiger partial charge on any atom is -0.464 e. The minimum atomic E-state index is 0.869. The number of rotatable bonds is 2. The molecule has 0 bridgehead atoms. The summed E-state index contributed by atoms with van der Waals surface area (Å²) in [6.07, 6.45) is 1.73. The highest BCUT2D eigenvalue weighted by Gasteiger charge is 2.21. The highest BCUT2D eigenvalue weighted by molar-refractivity contribution is 6.27. The topological polar surface area (TPSA) is 26.3 Å². The van der Waals surface area contributed by atoms with E-state index >= 15 is 0 Å². The lowest BCUT2D eigenvalue weighted by Crippen LogP contribution is -1.92. The van der Waals surface area contributed by atoms with Gasteiger partial charge in [0.1, 0.15) is 16.7 Å². The molecule has 10 rings (SSSR count). The van der Waals surface area contributed by atoms with E-state index in [0.29, 0.717) is 0 Å². The Hall–Kier alpha value is -5.86. The molecule has 0 fully saturated rings. The summed E-state index contributed by atoms with van der Waals surface area (Å²) >= 11 is 0. The van der Waals surface area contributed by atoms with Crippen molar-refractivity contribution in [1.82, 2.24) is 0 Å². The monoisotopic (exact) mass is 560 g/mol. The van der Waals surface area contributed by atoms with Crippen molar-refractivity contribution >= 4 is 76.0 Å². The lowest BCUT2D eigenvalue weighted by Gasteiger charge is -2.19. The van der Waals surface area contributed by atoms with Gasteiger partial charge in [-0.3, -0.25) is 0 Å². The van der Waals surface area contributed by atoms with Gasteiger partial charge in [-0.2, -0.15) is 0 Å². The number of para-hydroxylation sites is 1. The van der Waals surface area contributed by atoms with Crippen LogP contribution in [0.15, 0.2) is 155 Å². The second-order valence-electron chi connectivity index (χ2n) is 11.6. The van der Waals surface area contributed by atoms with E-state index in [0.717, 1.165) is 38.5 Å². The molecule has 0 saturated heterocycles. The van der Waals surface area contributed by atoms with Crippen LogP contribution in [0, 0.1) is 0 Å². The molecule has 2 heterocycles. The fourth-order valence-electron chi connectivity index (χ4n) is 7.42. The zero-order valence-electron chi connectivity index (χ0n) is 23.7. The number of benzene rings is 8. The van der Waals surface area contributed by atoms with Crippen LogP contribution in [0.3, 0.4) is 0 Å². The van der Waals surface area contributed by atoms with Crippen LogP contribution in [0.1, 0.15) is 0 Å². The molecule has 0 aliphatic rings. The number of hydrogen-bond acceptors (Lipinski definition) is 2. The average molecular weight is 561 g/mol. The molecule has 0 atom stereocenters. The molecule has 0 amide bonds. The van der Waals surface area contributed by atoms with Crippen LogP contribution in [-0.2, 0) is 0 Å². The predicted octanol–water partition coefficient (Wildman–Crippen LogP) is 12.3. The minimum absolute atomic E-state index is 0.869. The second kappa shape index (κ2) is 8.82. The highest BCUT2D eigenvalue weighted by atomic mass is 16.3. The molecule has 2 nitrogen and oxygen atoms in total. The van der Waals surface area contributed by atoms with E-state index in [2.05, 4.69) is 133 Å². The van der Waals surface area contributed by atoms with Gasteiger partial charge in [-0.25, -0.2) is 0 Å². The molecule has 204 valence electrons. The molecule has 2 heteroatoms. The van der Waals surface area contributed by atoms with E-state index in [1.807, 2.05) is 6.07 Å². The first-order valence-corrected chi connectivity index (χ1v) is 15.0. The van der Waals surface area contributed by atoms with Crippen molar-refractivity contribution in [1.29, 1.82) is 0 Å². The van der Waals surface area contributed by atoms with Crippen LogP contribution < -0.4 is 0 Å². The van der Waals surface area contributed by atoms with E-state index < -0.39 is 0 Å². The smallest absolute Gasteiger partial charge is 0.143 e. The molecule has 0 aliphatic heterocycles. The maximum atomic E-state index is 6.69.